The molecule has 0 spiro atoms. The van der Waals surface area contributed by atoms with E-state index in [9.17, 15) is 0 Å². The SMILES string of the molecule is CCCCc1c(F)sc([B-](c2sc(F)c(CCCC)c2F)(c2sc(F)c(CCCC)c2F)c2sc(F)c(CCCC)c2F)c1F.[Li+]. The van der Waals surface area contributed by atoms with Crippen molar-refractivity contribution in [2.45, 2.75) is 105 Å². The van der Waals surface area contributed by atoms with Crippen LogP contribution in [0.2, 0.25) is 0 Å². The van der Waals surface area contributed by atoms with Crippen LogP contribution in [-0.2, 0) is 25.7 Å². The first kappa shape index (κ1) is 39.3. The molecular formula is C32H36BF8LiS4. The zero-order valence-electron chi connectivity index (χ0n) is 26.7. The maximum atomic E-state index is 16.6. The number of halogens is 8. The molecule has 0 N–H and O–H groups in total. The Morgan fingerprint density at radius 3 is 0.761 bits per heavy atom. The standard InChI is InChI=1S/C32H36BF8S4.Li/c1-5-9-13-17-21(34)25(42-29(17)38)33(26-22(35)18(14-10-6-2)30(39)43-26,27-23(36)19(15-11-7-3)31(40)44-27)28-24(37)20(16-12-8-4)32(41)45-28;/h5-16H2,1-4H3;/q-1;+1. The molecule has 0 aliphatic carbocycles. The van der Waals surface area contributed by atoms with E-state index in [0.717, 1.165) is 0 Å². The van der Waals surface area contributed by atoms with Gasteiger partial charge in [0.25, 0.3) is 0 Å². The van der Waals surface area contributed by atoms with Gasteiger partial charge in [-0.1, -0.05) is 53.4 Å². The maximum absolute atomic E-state index is 16.6. The second kappa shape index (κ2) is 17.0. The van der Waals surface area contributed by atoms with Crippen LogP contribution in [0.15, 0.2) is 0 Å². The number of thiophene rings is 4. The Balaban J connectivity index is 0.00000576. The fraction of sp³-hybridized carbons (Fsp3) is 0.500. The van der Waals surface area contributed by atoms with E-state index in [4.69, 9.17) is 0 Å². The van der Waals surface area contributed by atoms with Crippen LogP contribution in [0.25, 0.3) is 0 Å². The molecule has 0 radical (unpaired) electrons. The van der Waals surface area contributed by atoms with Gasteiger partial charge in [-0.15, -0.1) is 64.5 Å². The molecule has 0 bridgehead atoms. The van der Waals surface area contributed by atoms with Gasteiger partial charge in [0.2, 0.25) is 0 Å². The van der Waals surface area contributed by atoms with Gasteiger partial charge in [-0.05, 0) is 51.4 Å². The van der Waals surface area contributed by atoms with Crippen LogP contribution >= 0.6 is 45.3 Å². The minimum atomic E-state index is -3.78. The first-order valence-corrected chi connectivity index (χ1v) is 18.8. The fourth-order valence-corrected chi connectivity index (χ4v) is 11.3. The summed E-state index contributed by atoms with van der Waals surface area (Å²) in [6, 6.07) is 0. The Morgan fingerprint density at radius 1 is 0.391 bits per heavy atom. The van der Waals surface area contributed by atoms with Crippen molar-refractivity contribution in [2.75, 3.05) is 0 Å². The zero-order valence-corrected chi connectivity index (χ0v) is 30.0. The summed E-state index contributed by atoms with van der Waals surface area (Å²) >= 11 is 0.987. The summed E-state index contributed by atoms with van der Waals surface area (Å²) < 4.78 is 127. The van der Waals surface area contributed by atoms with Gasteiger partial charge in [0.1, 0.15) is 23.3 Å². The number of rotatable bonds is 16. The van der Waals surface area contributed by atoms with Gasteiger partial charge in [0.15, 0.2) is 26.7 Å². The first-order valence-electron chi connectivity index (χ1n) is 15.5. The summed E-state index contributed by atoms with van der Waals surface area (Å²) in [6.45, 7) is 7.29. The second-order valence-electron chi connectivity index (χ2n) is 11.4. The molecular weight excluding hydrogens is 682 g/mol. The van der Waals surface area contributed by atoms with Crippen molar-refractivity contribution < 1.29 is 54.0 Å². The molecule has 0 aliphatic heterocycles. The van der Waals surface area contributed by atoms with Crippen LogP contribution < -0.4 is 38.0 Å². The molecule has 46 heavy (non-hydrogen) atoms. The predicted octanol–water partition coefficient (Wildman–Crippen LogP) is 6.80. The first-order chi connectivity index (χ1) is 21.5. The van der Waals surface area contributed by atoms with Crippen molar-refractivity contribution in [3.05, 3.63) is 66.0 Å². The third kappa shape index (κ3) is 7.11. The largest absolute Gasteiger partial charge is 1.00 e. The van der Waals surface area contributed by atoms with Gasteiger partial charge < -0.3 is 0 Å². The molecule has 0 saturated carbocycles. The Kier molecular flexibility index (Phi) is 14.6. The van der Waals surface area contributed by atoms with Gasteiger partial charge in [0.05, 0.1) is 0 Å². The van der Waals surface area contributed by atoms with Crippen LogP contribution in [0, 0.1) is 43.8 Å². The van der Waals surface area contributed by atoms with Crippen LogP contribution in [0.1, 0.15) is 101 Å². The van der Waals surface area contributed by atoms with E-state index >= 15 is 35.1 Å². The van der Waals surface area contributed by atoms with Crippen molar-refractivity contribution in [3.8, 4) is 0 Å². The molecule has 14 heteroatoms. The smallest absolute Gasteiger partial charge is 0.209 e. The van der Waals surface area contributed by atoms with Gasteiger partial charge in [-0.2, -0.15) is 17.6 Å². The van der Waals surface area contributed by atoms with Gasteiger partial charge in [-0.3, -0.25) is 0 Å². The molecule has 0 atom stereocenters. The van der Waals surface area contributed by atoms with Crippen LogP contribution in [0.3, 0.4) is 0 Å². The van der Waals surface area contributed by atoms with Crippen LogP contribution in [-0.4, -0.2) is 6.15 Å². The third-order valence-corrected chi connectivity index (χ3v) is 13.1. The molecule has 4 aromatic rings. The normalized spacial score (nSPS) is 11.9. The van der Waals surface area contributed by atoms with E-state index < -0.39 is 69.0 Å². The van der Waals surface area contributed by atoms with E-state index in [-0.39, 0.29) is 112 Å². The average molecular weight is 719 g/mol. The Labute approximate surface area is 293 Å². The molecule has 0 amide bonds. The molecule has 0 aromatic carbocycles. The summed E-state index contributed by atoms with van der Waals surface area (Å²) in [7, 11) is 0. The van der Waals surface area contributed by atoms with Crippen molar-refractivity contribution >= 4 is 70.6 Å². The topological polar surface area (TPSA) is 0 Å². The van der Waals surface area contributed by atoms with Gasteiger partial charge in [-0.25, -0.2) is 17.6 Å². The molecule has 4 rings (SSSR count). The quantitative estimate of drug-likeness (QED) is 0.0885. The van der Waals surface area contributed by atoms with E-state index in [1.807, 2.05) is 27.7 Å². The molecule has 4 aromatic heterocycles. The maximum Gasteiger partial charge on any atom is 1.00 e. The minimum Gasteiger partial charge on any atom is -0.209 e. The Morgan fingerprint density at radius 2 is 0.587 bits per heavy atom. The molecule has 0 aliphatic rings. The van der Waals surface area contributed by atoms with Crippen molar-refractivity contribution in [1.82, 2.24) is 0 Å². The fourth-order valence-electron chi connectivity index (χ4n) is 5.83. The number of unbranched alkanes of at least 4 members (excludes halogenated alkanes) is 4. The summed E-state index contributed by atoms with van der Waals surface area (Å²) in [5, 5.41) is -3.90. The monoisotopic (exact) mass is 718 g/mol. The van der Waals surface area contributed by atoms with E-state index in [1.165, 1.54) is 0 Å². The van der Waals surface area contributed by atoms with E-state index in [1.54, 1.807) is 0 Å². The minimum absolute atomic E-state index is 0. The van der Waals surface area contributed by atoms with Gasteiger partial charge >= 0.3 is 18.9 Å². The Bertz CT molecular complexity index is 1380. The molecule has 0 saturated heterocycles. The van der Waals surface area contributed by atoms with Gasteiger partial charge in [0, 0.05) is 22.3 Å². The summed E-state index contributed by atoms with van der Waals surface area (Å²) in [6.07, 6.45) is -0.0755. The van der Waals surface area contributed by atoms with E-state index in [2.05, 4.69) is 0 Å². The number of hydrogen-bond donors (Lipinski definition) is 0. The van der Waals surface area contributed by atoms with E-state index in [0.29, 0.717) is 51.4 Å². The summed E-state index contributed by atoms with van der Waals surface area (Å²) in [5.74, 6) is -4.61. The summed E-state index contributed by atoms with van der Waals surface area (Å²) in [4.78, 5) is 0. The summed E-state index contributed by atoms with van der Waals surface area (Å²) in [5.41, 5.74) is -1.39. The molecule has 0 unspecified atom stereocenters. The average Bonchev–Trinajstić information content (AvgIpc) is 3.67. The number of hydrogen-bond acceptors (Lipinski definition) is 4. The second-order valence-corrected chi connectivity index (χ2v) is 15.4. The van der Waals surface area contributed by atoms with Crippen LogP contribution in [0.4, 0.5) is 35.1 Å². The van der Waals surface area contributed by atoms with Crippen molar-refractivity contribution in [1.29, 1.82) is 0 Å². The Hall–Kier alpha value is -1.10. The van der Waals surface area contributed by atoms with Crippen molar-refractivity contribution in [3.63, 3.8) is 0 Å². The molecule has 248 valence electrons. The molecule has 0 nitrogen and oxygen atoms in total. The molecule has 0 fully saturated rings. The zero-order chi connectivity index (χ0) is 33.1. The van der Waals surface area contributed by atoms with Crippen molar-refractivity contribution in [2.24, 2.45) is 0 Å². The predicted molar refractivity (Wildman–Crippen MR) is 176 cm³/mol. The molecule has 4 heterocycles. The third-order valence-electron chi connectivity index (χ3n) is 8.37. The van der Waals surface area contributed by atoms with Crippen LogP contribution in [0.5, 0.6) is 0 Å².